The second-order valence-electron chi connectivity index (χ2n) is 6.41. The topological polar surface area (TPSA) is 58.2 Å². The zero-order valence-corrected chi connectivity index (χ0v) is 14.8. The average Bonchev–Trinajstić information content (AvgIpc) is 2.62. The molecule has 1 aliphatic heterocycles. The van der Waals surface area contributed by atoms with E-state index in [0.717, 1.165) is 5.56 Å². The molecule has 2 aromatic carbocycles. The maximum Gasteiger partial charge on any atom is 0.238 e. The van der Waals surface area contributed by atoms with Crippen molar-refractivity contribution in [3.05, 3.63) is 70.2 Å². The van der Waals surface area contributed by atoms with E-state index in [2.05, 4.69) is 16.7 Å². The number of nitrogens with one attached hydrogen (secondary N) is 2. The van der Waals surface area contributed by atoms with Crippen LogP contribution in [-0.4, -0.2) is 23.8 Å². The van der Waals surface area contributed by atoms with Gasteiger partial charge in [-0.1, -0.05) is 48.0 Å². The molecule has 1 amide bonds. The van der Waals surface area contributed by atoms with Gasteiger partial charge in [0, 0.05) is 11.6 Å². The summed E-state index contributed by atoms with van der Waals surface area (Å²) in [5.74, 6) is -0.192. The van der Waals surface area contributed by atoms with E-state index in [0.29, 0.717) is 24.4 Å². The van der Waals surface area contributed by atoms with Crippen LogP contribution in [0.25, 0.3) is 0 Å². The number of carbonyl (C=O) groups excluding carboxylic acids is 2. The molecule has 130 valence electrons. The Labute approximate surface area is 152 Å². The molecule has 3 rings (SSSR count). The molecule has 0 radical (unpaired) electrons. The van der Waals surface area contributed by atoms with Crippen molar-refractivity contribution in [2.75, 3.05) is 0 Å². The SMILES string of the molecule is CC(=O)[C@@H](Cc1ccc(Cl)cc1)NC(=O)[C@H]1Cc2ccccc2CN1. The molecule has 0 aromatic heterocycles. The lowest BCUT2D eigenvalue weighted by atomic mass is 9.95. The number of fused-ring (bicyclic) bond motifs is 1. The number of rotatable bonds is 5. The monoisotopic (exact) mass is 356 g/mol. The number of Topliss-reactive ketones (excluding diaryl/α,β-unsaturated/α-hetero) is 1. The highest BCUT2D eigenvalue weighted by Crippen LogP contribution is 2.17. The van der Waals surface area contributed by atoms with E-state index >= 15 is 0 Å². The quantitative estimate of drug-likeness (QED) is 0.866. The van der Waals surface area contributed by atoms with Crippen LogP contribution in [-0.2, 0) is 29.0 Å². The minimum absolute atomic E-state index is 0.0560. The lowest BCUT2D eigenvalue weighted by Gasteiger charge is -2.27. The number of hydrogen-bond acceptors (Lipinski definition) is 3. The van der Waals surface area contributed by atoms with Crippen LogP contribution in [0.4, 0.5) is 0 Å². The highest BCUT2D eigenvalue weighted by atomic mass is 35.5. The summed E-state index contributed by atoms with van der Waals surface area (Å²) in [6.07, 6.45) is 1.09. The Balaban J connectivity index is 1.65. The molecule has 4 nitrogen and oxygen atoms in total. The lowest BCUT2D eigenvalue weighted by Crippen LogP contribution is -2.52. The summed E-state index contributed by atoms with van der Waals surface area (Å²) in [5.41, 5.74) is 3.36. The summed E-state index contributed by atoms with van der Waals surface area (Å²) in [5, 5.41) is 6.80. The van der Waals surface area contributed by atoms with Crippen LogP contribution in [0, 0.1) is 0 Å². The molecule has 25 heavy (non-hydrogen) atoms. The molecule has 0 aliphatic carbocycles. The Morgan fingerprint density at radius 3 is 2.52 bits per heavy atom. The van der Waals surface area contributed by atoms with Gasteiger partial charge in [0.1, 0.15) is 0 Å². The highest BCUT2D eigenvalue weighted by Gasteiger charge is 2.27. The van der Waals surface area contributed by atoms with Crippen LogP contribution in [0.1, 0.15) is 23.6 Å². The number of amides is 1. The third kappa shape index (κ3) is 4.47. The summed E-state index contributed by atoms with van der Waals surface area (Å²) in [6.45, 7) is 2.17. The first kappa shape index (κ1) is 17.6. The fourth-order valence-corrected chi connectivity index (χ4v) is 3.19. The van der Waals surface area contributed by atoms with Crippen molar-refractivity contribution in [2.24, 2.45) is 0 Å². The van der Waals surface area contributed by atoms with Crippen LogP contribution in [0.5, 0.6) is 0 Å². The fraction of sp³-hybridized carbons (Fsp3) is 0.300. The van der Waals surface area contributed by atoms with E-state index in [-0.39, 0.29) is 17.7 Å². The molecule has 0 spiro atoms. The van der Waals surface area contributed by atoms with E-state index in [9.17, 15) is 9.59 Å². The molecule has 1 aliphatic rings. The number of benzene rings is 2. The van der Waals surface area contributed by atoms with E-state index in [4.69, 9.17) is 11.6 Å². The molecule has 0 fully saturated rings. The number of ketones is 1. The molecule has 2 atom stereocenters. The van der Waals surface area contributed by atoms with Crippen molar-refractivity contribution >= 4 is 23.3 Å². The van der Waals surface area contributed by atoms with Crippen molar-refractivity contribution in [3.8, 4) is 0 Å². The van der Waals surface area contributed by atoms with Gasteiger partial charge >= 0.3 is 0 Å². The van der Waals surface area contributed by atoms with E-state index in [1.54, 1.807) is 12.1 Å². The Morgan fingerprint density at radius 1 is 1.16 bits per heavy atom. The Kier molecular flexibility index (Phi) is 5.51. The second kappa shape index (κ2) is 7.81. The third-order valence-corrected chi connectivity index (χ3v) is 4.81. The molecule has 2 aromatic rings. The number of hydrogen-bond donors (Lipinski definition) is 2. The van der Waals surface area contributed by atoms with Crippen LogP contribution in [0.2, 0.25) is 5.02 Å². The van der Waals surface area contributed by atoms with Crippen molar-refractivity contribution in [2.45, 2.75) is 38.4 Å². The molecular formula is C20H21ClN2O2. The van der Waals surface area contributed by atoms with Crippen LogP contribution < -0.4 is 10.6 Å². The molecule has 0 saturated carbocycles. The van der Waals surface area contributed by atoms with E-state index < -0.39 is 6.04 Å². The maximum atomic E-state index is 12.6. The normalized spacial score (nSPS) is 17.4. The molecule has 1 heterocycles. The van der Waals surface area contributed by atoms with Gasteiger partial charge in [-0.2, -0.15) is 0 Å². The van der Waals surface area contributed by atoms with Gasteiger partial charge < -0.3 is 10.6 Å². The van der Waals surface area contributed by atoms with Crippen molar-refractivity contribution in [1.29, 1.82) is 0 Å². The summed E-state index contributed by atoms with van der Waals surface area (Å²) in [6, 6.07) is 14.6. The first-order valence-corrected chi connectivity index (χ1v) is 8.76. The predicted octanol–water partition coefficient (Wildman–Crippen LogP) is 2.67. The van der Waals surface area contributed by atoms with Gasteiger partial charge in [0.05, 0.1) is 12.1 Å². The van der Waals surface area contributed by atoms with Gasteiger partial charge in [0.2, 0.25) is 5.91 Å². The van der Waals surface area contributed by atoms with Crippen LogP contribution >= 0.6 is 11.6 Å². The standard InChI is InChI=1S/C20H21ClN2O2/c1-13(24)18(10-14-6-8-17(21)9-7-14)23-20(25)19-11-15-4-2-3-5-16(15)12-22-19/h2-9,18-19,22H,10-12H2,1H3,(H,23,25)/t18-,19-/m1/s1. The zero-order chi connectivity index (χ0) is 17.8. The molecular weight excluding hydrogens is 336 g/mol. The lowest BCUT2D eigenvalue weighted by molar-refractivity contribution is -0.128. The maximum absolute atomic E-state index is 12.6. The van der Waals surface area contributed by atoms with Crippen molar-refractivity contribution in [3.63, 3.8) is 0 Å². The minimum Gasteiger partial charge on any atom is -0.345 e. The Morgan fingerprint density at radius 2 is 1.84 bits per heavy atom. The number of carbonyl (C=O) groups is 2. The van der Waals surface area contributed by atoms with Gasteiger partial charge in [-0.05, 0) is 48.6 Å². The minimum atomic E-state index is -0.535. The highest BCUT2D eigenvalue weighted by molar-refractivity contribution is 6.30. The van der Waals surface area contributed by atoms with E-state index in [1.807, 2.05) is 30.3 Å². The Bertz CT molecular complexity index is 774. The molecule has 2 N–H and O–H groups in total. The van der Waals surface area contributed by atoms with Gasteiger partial charge in [0.25, 0.3) is 0 Å². The summed E-state index contributed by atoms with van der Waals surface area (Å²) in [4.78, 5) is 24.6. The third-order valence-electron chi connectivity index (χ3n) is 4.56. The molecule has 0 unspecified atom stereocenters. The second-order valence-corrected chi connectivity index (χ2v) is 6.85. The molecule has 0 saturated heterocycles. The fourth-order valence-electron chi connectivity index (χ4n) is 3.06. The van der Waals surface area contributed by atoms with Crippen molar-refractivity contribution in [1.82, 2.24) is 10.6 Å². The predicted molar refractivity (Wildman–Crippen MR) is 98.5 cm³/mol. The van der Waals surface area contributed by atoms with Gasteiger partial charge in [-0.25, -0.2) is 0 Å². The van der Waals surface area contributed by atoms with Crippen LogP contribution in [0.3, 0.4) is 0 Å². The van der Waals surface area contributed by atoms with Gasteiger partial charge in [-0.15, -0.1) is 0 Å². The molecule has 0 bridgehead atoms. The largest absolute Gasteiger partial charge is 0.345 e. The first-order chi connectivity index (χ1) is 12.0. The summed E-state index contributed by atoms with van der Waals surface area (Å²) < 4.78 is 0. The van der Waals surface area contributed by atoms with Gasteiger partial charge in [-0.3, -0.25) is 9.59 Å². The number of halogens is 1. The molecule has 5 heteroatoms. The summed E-state index contributed by atoms with van der Waals surface area (Å²) in [7, 11) is 0. The average molecular weight is 357 g/mol. The summed E-state index contributed by atoms with van der Waals surface area (Å²) >= 11 is 5.89. The van der Waals surface area contributed by atoms with E-state index in [1.165, 1.54) is 18.1 Å². The first-order valence-electron chi connectivity index (χ1n) is 8.38. The zero-order valence-electron chi connectivity index (χ0n) is 14.1. The van der Waals surface area contributed by atoms with Gasteiger partial charge in [0.15, 0.2) is 5.78 Å². The van der Waals surface area contributed by atoms with Crippen molar-refractivity contribution < 1.29 is 9.59 Å². The van der Waals surface area contributed by atoms with Crippen LogP contribution in [0.15, 0.2) is 48.5 Å². The smallest absolute Gasteiger partial charge is 0.238 e. The Hall–Kier alpha value is -2.17.